The molecule has 0 saturated heterocycles. The molecule has 126 valence electrons. The van der Waals surface area contributed by atoms with Crippen molar-refractivity contribution in [1.82, 2.24) is 25.4 Å². The summed E-state index contributed by atoms with van der Waals surface area (Å²) in [5.74, 6) is 1.64. The van der Waals surface area contributed by atoms with Crippen molar-refractivity contribution in [3.8, 4) is 0 Å². The molecule has 1 aliphatic carbocycles. The minimum atomic E-state index is -0.0902. The third-order valence-corrected chi connectivity index (χ3v) is 5.03. The highest BCUT2D eigenvalue weighted by atomic mass is 127. The molecule has 8 heteroatoms. The van der Waals surface area contributed by atoms with Crippen molar-refractivity contribution in [2.24, 2.45) is 17.5 Å². The number of halogens is 1. The lowest BCUT2D eigenvalue weighted by molar-refractivity contribution is -0.176. The molecule has 2 unspecified atom stereocenters. The van der Waals surface area contributed by atoms with Gasteiger partial charge in [0, 0.05) is 32.7 Å². The van der Waals surface area contributed by atoms with Gasteiger partial charge in [0.15, 0.2) is 5.96 Å². The van der Waals surface area contributed by atoms with Crippen LogP contribution in [0.5, 0.6) is 0 Å². The number of rotatable bonds is 4. The van der Waals surface area contributed by atoms with Crippen LogP contribution < -0.4 is 10.6 Å². The van der Waals surface area contributed by atoms with Crippen LogP contribution in [0.2, 0.25) is 0 Å². The van der Waals surface area contributed by atoms with Gasteiger partial charge in [-0.2, -0.15) is 5.10 Å². The molecule has 22 heavy (non-hydrogen) atoms. The van der Waals surface area contributed by atoms with E-state index in [2.05, 4.69) is 46.5 Å². The van der Waals surface area contributed by atoms with E-state index >= 15 is 0 Å². The van der Waals surface area contributed by atoms with Crippen LogP contribution in [0, 0.1) is 5.41 Å². The van der Waals surface area contributed by atoms with Crippen LogP contribution in [-0.4, -0.2) is 46.5 Å². The molecule has 1 aliphatic rings. The zero-order chi connectivity index (χ0) is 15.7. The minimum Gasteiger partial charge on any atom is -0.378 e. The molecule has 1 saturated carbocycles. The Labute approximate surface area is 149 Å². The molecule has 1 aromatic heterocycles. The van der Waals surface area contributed by atoms with E-state index in [-0.39, 0.29) is 35.0 Å². The highest BCUT2D eigenvalue weighted by Gasteiger charge is 2.58. The SMILES string of the molecule is CN=C(NCc1ncnn1C)NC1CC(C)(OC)C1(C)C.I. The Morgan fingerprint density at radius 2 is 2.18 bits per heavy atom. The van der Waals surface area contributed by atoms with Crippen LogP contribution in [0.15, 0.2) is 11.3 Å². The standard InChI is InChI=1S/C14H26N6O.HI/c1-13(2)10(7-14(13,3)21-6)19-12(15-4)16-8-11-17-9-18-20(11)5;/h9-10H,7-8H2,1-6H3,(H2,15,16,19);1H. The number of methoxy groups -OCH3 is 1. The Bertz CT molecular complexity index is 529. The molecule has 0 aromatic carbocycles. The predicted molar refractivity (Wildman–Crippen MR) is 97.4 cm³/mol. The average molecular weight is 422 g/mol. The number of ether oxygens (including phenoxy) is 1. The molecule has 1 heterocycles. The summed E-state index contributed by atoms with van der Waals surface area (Å²) >= 11 is 0. The first-order valence-corrected chi connectivity index (χ1v) is 7.19. The summed E-state index contributed by atoms with van der Waals surface area (Å²) in [5, 5.41) is 10.8. The van der Waals surface area contributed by atoms with Gasteiger partial charge in [-0.15, -0.1) is 24.0 Å². The summed E-state index contributed by atoms with van der Waals surface area (Å²) in [4.78, 5) is 8.46. The van der Waals surface area contributed by atoms with Crippen molar-refractivity contribution in [1.29, 1.82) is 0 Å². The smallest absolute Gasteiger partial charge is 0.191 e. The Hall–Kier alpha value is -0.900. The second kappa shape index (κ2) is 7.12. The van der Waals surface area contributed by atoms with Crippen LogP contribution >= 0.6 is 24.0 Å². The second-order valence-corrected chi connectivity index (χ2v) is 6.28. The van der Waals surface area contributed by atoms with E-state index in [1.54, 1.807) is 25.2 Å². The zero-order valence-corrected chi connectivity index (χ0v) is 16.5. The van der Waals surface area contributed by atoms with Crippen LogP contribution in [0.25, 0.3) is 0 Å². The monoisotopic (exact) mass is 422 g/mol. The molecule has 1 aromatic rings. The normalized spacial score (nSPS) is 26.8. The molecule has 2 rings (SSSR count). The molecule has 2 atom stereocenters. The summed E-state index contributed by atoms with van der Waals surface area (Å²) in [5.41, 5.74) is -0.0444. The van der Waals surface area contributed by atoms with Crippen LogP contribution in [-0.2, 0) is 18.3 Å². The van der Waals surface area contributed by atoms with E-state index in [0.29, 0.717) is 12.6 Å². The number of guanidine groups is 1. The lowest BCUT2D eigenvalue weighted by Gasteiger charge is -2.59. The van der Waals surface area contributed by atoms with Crippen molar-refractivity contribution >= 4 is 29.9 Å². The number of hydrogen-bond acceptors (Lipinski definition) is 4. The largest absolute Gasteiger partial charge is 0.378 e. The summed E-state index contributed by atoms with van der Waals surface area (Å²) < 4.78 is 7.39. The van der Waals surface area contributed by atoms with Gasteiger partial charge in [0.25, 0.3) is 0 Å². The minimum absolute atomic E-state index is 0. The van der Waals surface area contributed by atoms with Crippen LogP contribution in [0.3, 0.4) is 0 Å². The number of nitrogens with one attached hydrogen (secondary N) is 2. The topological polar surface area (TPSA) is 76.4 Å². The zero-order valence-electron chi connectivity index (χ0n) is 14.2. The third-order valence-electron chi connectivity index (χ3n) is 5.03. The molecule has 0 radical (unpaired) electrons. The molecule has 0 amide bonds. The maximum absolute atomic E-state index is 5.65. The summed E-state index contributed by atoms with van der Waals surface area (Å²) in [6.45, 7) is 7.17. The Morgan fingerprint density at radius 1 is 1.50 bits per heavy atom. The molecular formula is C14H27IN6O. The maximum atomic E-state index is 5.65. The van der Waals surface area contributed by atoms with Crippen molar-refractivity contribution in [2.45, 2.75) is 45.4 Å². The van der Waals surface area contributed by atoms with Crippen molar-refractivity contribution in [3.05, 3.63) is 12.2 Å². The average Bonchev–Trinajstić information content (AvgIpc) is 2.87. The highest BCUT2D eigenvalue weighted by molar-refractivity contribution is 14.0. The van der Waals surface area contributed by atoms with Gasteiger partial charge in [0.05, 0.1) is 12.1 Å². The first kappa shape index (κ1) is 19.1. The Balaban J connectivity index is 0.00000242. The van der Waals surface area contributed by atoms with Gasteiger partial charge in [0.1, 0.15) is 12.2 Å². The summed E-state index contributed by atoms with van der Waals surface area (Å²) in [6, 6.07) is 0.327. The number of aryl methyl sites for hydroxylation is 1. The fraction of sp³-hybridized carbons (Fsp3) is 0.786. The van der Waals surface area contributed by atoms with E-state index in [0.717, 1.165) is 18.2 Å². The third kappa shape index (κ3) is 3.37. The van der Waals surface area contributed by atoms with Crippen molar-refractivity contribution < 1.29 is 4.74 Å². The fourth-order valence-corrected chi connectivity index (χ4v) is 2.73. The van der Waals surface area contributed by atoms with E-state index in [4.69, 9.17) is 4.74 Å². The van der Waals surface area contributed by atoms with Gasteiger partial charge < -0.3 is 15.4 Å². The lowest BCUT2D eigenvalue weighted by atomic mass is 9.56. The van der Waals surface area contributed by atoms with Gasteiger partial charge in [-0.05, 0) is 13.3 Å². The molecule has 2 N–H and O–H groups in total. The van der Waals surface area contributed by atoms with Crippen molar-refractivity contribution in [3.63, 3.8) is 0 Å². The molecular weight excluding hydrogens is 395 g/mol. The van der Waals surface area contributed by atoms with Gasteiger partial charge in [0.2, 0.25) is 0 Å². The van der Waals surface area contributed by atoms with E-state index in [1.807, 2.05) is 7.05 Å². The summed E-state index contributed by atoms with van der Waals surface area (Å²) in [7, 11) is 5.42. The van der Waals surface area contributed by atoms with Crippen molar-refractivity contribution in [2.75, 3.05) is 14.2 Å². The van der Waals surface area contributed by atoms with E-state index in [1.165, 1.54) is 0 Å². The first-order chi connectivity index (χ1) is 9.84. The van der Waals surface area contributed by atoms with Crippen LogP contribution in [0.1, 0.15) is 33.0 Å². The Kier molecular flexibility index (Phi) is 6.19. The van der Waals surface area contributed by atoms with Crippen LogP contribution in [0.4, 0.5) is 0 Å². The lowest BCUT2D eigenvalue weighted by Crippen LogP contribution is -2.69. The molecule has 7 nitrogen and oxygen atoms in total. The van der Waals surface area contributed by atoms with Gasteiger partial charge in [-0.1, -0.05) is 13.8 Å². The predicted octanol–water partition coefficient (Wildman–Crippen LogP) is 1.30. The molecule has 1 fully saturated rings. The summed E-state index contributed by atoms with van der Waals surface area (Å²) in [6.07, 6.45) is 2.51. The van der Waals surface area contributed by atoms with E-state index < -0.39 is 0 Å². The molecule has 0 bridgehead atoms. The number of aromatic nitrogens is 3. The van der Waals surface area contributed by atoms with Gasteiger partial charge in [-0.3, -0.25) is 9.67 Å². The van der Waals surface area contributed by atoms with E-state index in [9.17, 15) is 0 Å². The maximum Gasteiger partial charge on any atom is 0.191 e. The first-order valence-electron chi connectivity index (χ1n) is 7.19. The number of aliphatic imine (C=N–C) groups is 1. The second-order valence-electron chi connectivity index (χ2n) is 6.28. The molecule has 0 aliphatic heterocycles. The fourth-order valence-electron chi connectivity index (χ4n) is 2.73. The molecule has 0 spiro atoms. The highest BCUT2D eigenvalue weighted by Crippen LogP contribution is 2.51. The number of hydrogen-bond donors (Lipinski definition) is 2. The Morgan fingerprint density at radius 3 is 2.64 bits per heavy atom. The van der Waals surface area contributed by atoms with Gasteiger partial charge in [-0.25, -0.2) is 4.98 Å². The number of nitrogens with zero attached hydrogens (tertiary/aromatic N) is 4. The quantitative estimate of drug-likeness (QED) is 0.435. The van der Waals surface area contributed by atoms with Gasteiger partial charge >= 0.3 is 0 Å².